The third-order valence-corrected chi connectivity index (χ3v) is 5.77. The summed E-state index contributed by atoms with van der Waals surface area (Å²) in [6, 6.07) is 9.88. The molecule has 0 radical (unpaired) electrons. The molecule has 0 fully saturated rings. The van der Waals surface area contributed by atoms with Gasteiger partial charge in [-0.3, -0.25) is 4.79 Å². The van der Waals surface area contributed by atoms with Gasteiger partial charge in [0.05, 0.1) is 5.56 Å². The van der Waals surface area contributed by atoms with Crippen LogP contribution < -0.4 is 10.6 Å². The van der Waals surface area contributed by atoms with Crippen LogP contribution >= 0.6 is 11.3 Å². The average molecular weight is 353 g/mol. The van der Waals surface area contributed by atoms with E-state index in [1.54, 1.807) is 11.3 Å². The van der Waals surface area contributed by atoms with Crippen LogP contribution in [0.25, 0.3) is 0 Å². The van der Waals surface area contributed by atoms with E-state index in [1.165, 1.54) is 11.3 Å². The Hall–Kier alpha value is -2.32. The lowest BCUT2D eigenvalue weighted by molar-refractivity contribution is -0.116. The van der Waals surface area contributed by atoms with Crippen LogP contribution in [0.3, 0.4) is 0 Å². The first-order valence-electron chi connectivity index (χ1n) is 8.77. The second kappa shape index (κ2) is 7.71. The summed E-state index contributed by atoms with van der Waals surface area (Å²) < 4.78 is 0. The predicted octanol–water partition coefficient (Wildman–Crippen LogP) is 4.64. The Balaban J connectivity index is 1.73. The second-order valence-corrected chi connectivity index (χ2v) is 7.71. The van der Waals surface area contributed by atoms with Crippen LogP contribution in [-0.2, 0) is 17.6 Å². The molecular weight excluding hydrogens is 330 g/mol. The lowest BCUT2D eigenvalue weighted by Gasteiger charge is -2.15. The Bertz CT molecular complexity index is 819. The maximum atomic E-state index is 12.6. The van der Waals surface area contributed by atoms with Gasteiger partial charge in [-0.15, -0.1) is 11.3 Å². The molecule has 25 heavy (non-hydrogen) atoms. The smallest absolute Gasteiger partial charge is 0.247 e. The number of carbonyl (C=O) groups excluding carboxylic acids is 1. The van der Waals surface area contributed by atoms with Crippen molar-refractivity contribution in [2.45, 2.75) is 52.0 Å². The van der Waals surface area contributed by atoms with Crippen LogP contribution in [0.5, 0.6) is 0 Å². The van der Waals surface area contributed by atoms with Crippen molar-refractivity contribution in [3.05, 3.63) is 45.8 Å². The third kappa shape index (κ3) is 4.02. The zero-order chi connectivity index (χ0) is 17.8. The van der Waals surface area contributed by atoms with E-state index >= 15 is 0 Å². The number of amides is 1. The van der Waals surface area contributed by atoms with Crippen LogP contribution in [-0.4, -0.2) is 11.9 Å². The minimum atomic E-state index is -0.379. The number of hydrogen-bond donors (Lipinski definition) is 2. The molecule has 2 N–H and O–H groups in total. The van der Waals surface area contributed by atoms with Crippen molar-refractivity contribution >= 4 is 27.9 Å². The number of thiophene rings is 1. The number of rotatable bonds is 4. The van der Waals surface area contributed by atoms with E-state index < -0.39 is 0 Å². The van der Waals surface area contributed by atoms with Gasteiger partial charge in [0, 0.05) is 10.6 Å². The fourth-order valence-corrected chi connectivity index (χ4v) is 4.46. The van der Waals surface area contributed by atoms with E-state index in [2.05, 4.69) is 16.7 Å². The number of nitrogens with zero attached hydrogens (tertiary/aromatic N) is 1. The molecule has 1 unspecified atom stereocenters. The number of aryl methyl sites for hydroxylation is 2. The number of nitriles is 1. The Kier molecular flexibility index (Phi) is 5.40. The van der Waals surface area contributed by atoms with Crippen molar-refractivity contribution in [3.8, 4) is 6.07 Å². The molecule has 1 heterocycles. The van der Waals surface area contributed by atoms with Crippen molar-refractivity contribution in [1.82, 2.24) is 0 Å². The first-order chi connectivity index (χ1) is 12.1. The van der Waals surface area contributed by atoms with Crippen LogP contribution in [0.1, 0.15) is 47.8 Å². The SMILES string of the molecule is Cc1cccc(NC(C)C(=O)Nc2sc3c(c2C#N)CCCCC3)c1. The average Bonchev–Trinajstić information content (AvgIpc) is 2.75. The molecule has 2 aromatic rings. The summed E-state index contributed by atoms with van der Waals surface area (Å²) >= 11 is 1.57. The van der Waals surface area contributed by atoms with Gasteiger partial charge in [0.1, 0.15) is 17.1 Å². The van der Waals surface area contributed by atoms with E-state index in [0.29, 0.717) is 10.6 Å². The van der Waals surface area contributed by atoms with Gasteiger partial charge in [-0.2, -0.15) is 5.26 Å². The quantitative estimate of drug-likeness (QED) is 0.787. The van der Waals surface area contributed by atoms with Gasteiger partial charge in [0.15, 0.2) is 0 Å². The first kappa shape index (κ1) is 17.5. The van der Waals surface area contributed by atoms with Crippen molar-refractivity contribution in [3.63, 3.8) is 0 Å². The molecule has 5 heteroatoms. The fourth-order valence-electron chi connectivity index (χ4n) is 3.22. The molecule has 1 aromatic heterocycles. The number of nitrogens with one attached hydrogen (secondary N) is 2. The fraction of sp³-hybridized carbons (Fsp3) is 0.400. The van der Waals surface area contributed by atoms with Gasteiger partial charge in [-0.05, 0) is 62.8 Å². The molecule has 1 aromatic carbocycles. The molecule has 1 aliphatic carbocycles. The second-order valence-electron chi connectivity index (χ2n) is 6.61. The minimum absolute atomic E-state index is 0.116. The summed E-state index contributed by atoms with van der Waals surface area (Å²) in [5.41, 5.74) is 3.88. The Morgan fingerprint density at radius 3 is 2.84 bits per heavy atom. The molecule has 4 nitrogen and oxygen atoms in total. The van der Waals surface area contributed by atoms with Gasteiger partial charge in [-0.1, -0.05) is 18.6 Å². The molecular formula is C20H23N3OS. The molecule has 1 amide bonds. The Morgan fingerprint density at radius 1 is 1.28 bits per heavy atom. The van der Waals surface area contributed by atoms with E-state index in [1.807, 2.05) is 38.1 Å². The van der Waals surface area contributed by atoms with Crippen molar-refractivity contribution < 1.29 is 4.79 Å². The van der Waals surface area contributed by atoms with E-state index in [9.17, 15) is 10.1 Å². The standard InChI is InChI=1S/C20H23N3OS/c1-13-7-6-8-15(11-13)22-14(2)19(24)23-20-17(12-21)16-9-4-3-5-10-18(16)25-20/h6-8,11,14,22H,3-5,9-10H2,1-2H3,(H,23,24). The lowest BCUT2D eigenvalue weighted by Crippen LogP contribution is -2.31. The molecule has 0 bridgehead atoms. The van der Waals surface area contributed by atoms with Crippen LogP contribution in [0.4, 0.5) is 10.7 Å². The summed E-state index contributed by atoms with van der Waals surface area (Å²) in [4.78, 5) is 13.8. The number of benzene rings is 1. The van der Waals surface area contributed by atoms with E-state index in [0.717, 1.165) is 42.5 Å². The zero-order valence-corrected chi connectivity index (χ0v) is 15.5. The van der Waals surface area contributed by atoms with Gasteiger partial charge in [0.25, 0.3) is 0 Å². The topological polar surface area (TPSA) is 64.9 Å². The summed E-state index contributed by atoms with van der Waals surface area (Å²) in [6.45, 7) is 3.86. The van der Waals surface area contributed by atoms with Crippen LogP contribution in [0.2, 0.25) is 0 Å². The lowest BCUT2D eigenvalue weighted by atomic mass is 10.1. The normalized spacial score (nSPS) is 14.8. The highest BCUT2D eigenvalue weighted by molar-refractivity contribution is 7.16. The summed E-state index contributed by atoms with van der Waals surface area (Å²) in [6.07, 6.45) is 5.46. The number of carbonyl (C=O) groups is 1. The molecule has 130 valence electrons. The van der Waals surface area contributed by atoms with Crippen LogP contribution in [0, 0.1) is 18.3 Å². The van der Waals surface area contributed by atoms with Gasteiger partial charge < -0.3 is 10.6 Å². The minimum Gasteiger partial charge on any atom is -0.374 e. The summed E-state index contributed by atoms with van der Waals surface area (Å²) in [7, 11) is 0. The third-order valence-electron chi connectivity index (χ3n) is 4.56. The zero-order valence-electron chi connectivity index (χ0n) is 14.7. The highest BCUT2D eigenvalue weighted by Crippen LogP contribution is 2.37. The van der Waals surface area contributed by atoms with Crippen molar-refractivity contribution in [1.29, 1.82) is 5.26 Å². The van der Waals surface area contributed by atoms with Crippen LogP contribution in [0.15, 0.2) is 24.3 Å². The maximum absolute atomic E-state index is 12.6. The molecule has 0 aliphatic heterocycles. The highest BCUT2D eigenvalue weighted by Gasteiger charge is 2.22. The van der Waals surface area contributed by atoms with Crippen molar-refractivity contribution in [2.75, 3.05) is 10.6 Å². The largest absolute Gasteiger partial charge is 0.374 e. The summed E-state index contributed by atoms with van der Waals surface area (Å²) in [5, 5.41) is 16.5. The molecule has 1 atom stereocenters. The van der Waals surface area contributed by atoms with Crippen molar-refractivity contribution in [2.24, 2.45) is 0 Å². The van der Waals surface area contributed by atoms with Gasteiger partial charge in [0.2, 0.25) is 5.91 Å². The van der Waals surface area contributed by atoms with Gasteiger partial charge >= 0.3 is 0 Å². The molecule has 1 aliphatic rings. The first-order valence-corrected chi connectivity index (χ1v) is 9.59. The molecule has 0 saturated carbocycles. The number of fused-ring (bicyclic) bond motifs is 1. The predicted molar refractivity (Wildman–Crippen MR) is 103 cm³/mol. The van der Waals surface area contributed by atoms with Gasteiger partial charge in [-0.25, -0.2) is 0 Å². The summed E-state index contributed by atoms with van der Waals surface area (Å²) in [5.74, 6) is -0.116. The Morgan fingerprint density at radius 2 is 2.08 bits per heavy atom. The monoisotopic (exact) mass is 353 g/mol. The highest BCUT2D eigenvalue weighted by atomic mass is 32.1. The van der Waals surface area contributed by atoms with E-state index in [4.69, 9.17) is 0 Å². The number of anilines is 2. The molecule has 3 rings (SSSR count). The van der Waals surface area contributed by atoms with E-state index in [-0.39, 0.29) is 11.9 Å². The number of hydrogen-bond acceptors (Lipinski definition) is 4. The Labute approximate surface area is 152 Å². The molecule has 0 spiro atoms. The molecule has 0 saturated heterocycles. The maximum Gasteiger partial charge on any atom is 0.247 e.